The van der Waals surface area contributed by atoms with Gasteiger partial charge >= 0.3 is 5.56 Å². The van der Waals surface area contributed by atoms with E-state index in [1.165, 1.54) is 0 Å². The zero-order chi connectivity index (χ0) is 9.30. The fourth-order valence-corrected chi connectivity index (χ4v) is 0.612. The van der Waals surface area contributed by atoms with Crippen molar-refractivity contribution in [3.63, 3.8) is 0 Å². The van der Waals surface area contributed by atoms with Crippen LogP contribution in [0.1, 0.15) is 10.5 Å². The lowest BCUT2D eigenvalue weighted by Gasteiger charge is -1.97. The molecular weight excluding hydrogens is 169 g/mol. The minimum absolute atomic E-state index is 0.0948. The molecule has 0 aliphatic rings. The first kappa shape index (κ1) is 8.18. The van der Waals surface area contributed by atoms with Crippen LogP contribution in [0, 0.1) is 5.95 Å². The summed E-state index contributed by atoms with van der Waals surface area (Å²) < 4.78 is 12.2. The van der Waals surface area contributed by atoms with Crippen molar-refractivity contribution in [1.29, 1.82) is 0 Å². The fraction of sp³-hybridized carbons (Fsp3) is 0. The van der Waals surface area contributed by atoms with Gasteiger partial charge in [0.25, 0.3) is 5.91 Å². The summed E-state index contributed by atoms with van der Waals surface area (Å²) in [6.45, 7) is 0. The highest BCUT2D eigenvalue weighted by Gasteiger charge is 2.12. The van der Waals surface area contributed by atoms with E-state index in [0.29, 0.717) is 6.20 Å². The molecule has 0 radical (unpaired) electrons. The van der Waals surface area contributed by atoms with Gasteiger partial charge in [0.1, 0.15) is 6.20 Å². The van der Waals surface area contributed by atoms with Crippen LogP contribution in [-0.4, -0.2) is 20.8 Å². The minimum Gasteiger partial charge on any atom is -0.425 e. The quantitative estimate of drug-likeness (QED) is 0.516. The number of hydrogen-bond donors (Lipinski definition) is 2. The van der Waals surface area contributed by atoms with Crippen molar-refractivity contribution >= 4 is 5.91 Å². The Kier molecular flexibility index (Phi) is 1.78. The first-order chi connectivity index (χ1) is 5.52. The van der Waals surface area contributed by atoms with E-state index in [2.05, 4.69) is 10.7 Å². The van der Waals surface area contributed by atoms with Gasteiger partial charge in [-0.25, -0.2) is 4.98 Å². The van der Waals surface area contributed by atoms with E-state index in [-0.39, 0.29) is 4.73 Å². The minimum atomic E-state index is -1.19. The van der Waals surface area contributed by atoms with Gasteiger partial charge in [-0.2, -0.15) is 4.39 Å². The number of nitrogens with zero attached hydrogens (tertiary/aromatic N) is 2. The smallest absolute Gasteiger partial charge is 0.314 e. The largest absolute Gasteiger partial charge is 0.425 e. The van der Waals surface area contributed by atoms with E-state index in [9.17, 15) is 14.0 Å². The molecule has 1 amide bonds. The average molecular weight is 173 g/mol. The maximum absolute atomic E-state index is 12.3. The molecule has 7 heteroatoms. The van der Waals surface area contributed by atoms with Crippen LogP contribution in [0.3, 0.4) is 0 Å². The summed E-state index contributed by atoms with van der Waals surface area (Å²) in [6.07, 6.45) is 0.425. The van der Waals surface area contributed by atoms with Gasteiger partial charge in [0.2, 0.25) is 5.95 Å². The van der Waals surface area contributed by atoms with Crippen LogP contribution in [0.4, 0.5) is 4.39 Å². The lowest BCUT2D eigenvalue weighted by molar-refractivity contribution is 0.0982. The normalized spacial score (nSPS) is 9.75. The van der Waals surface area contributed by atoms with Crippen LogP contribution in [0.2, 0.25) is 0 Å². The van der Waals surface area contributed by atoms with E-state index >= 15 is 0 Å². The topological polar surface area (TPSA) is 98.2 Å². The molecule has 12 heavy (non-hydrogen) atoms. The molecule has 0 unspecified atom stereocenters. The molecule has 0 bridgehead atoms. The molecule has 0 saturated carbocycles. The van der Waals surface area contributed by atoms with E-state index < -0.39 is 23.1 Å². The molecule has 0 aliphatic heterocycles. The Hall–Kier alpha value is -1.92. The first-order valence-corrected chi connectivity index (χ1v) is 2.80. The number of primary amides is 1. The average Bonchev–Trinajstić information content (AvgIpc) is 1.96. The third-order valence-electron chi connectivity index (χ3n) is 1.09. The summed E-state index contributed by atoms with van der Waals surface area (Å²) in [4.78, 5) is 24.0. The standard InChI is InChI=1S/C5H4FN3O3/c6-2-1-9(12)5(11)3(8-2)4(7)10/h1,12H,(H2,7,10). The second kappa shape index (κ2) is 2.61. The van der Waals surface area contributed by atoms with Crippen molar-refractivity contribution in [3.05, 3.63) is 28.2 Å². The molecule has 3 N–H and O–H groups in total. The summed E-state index contributed by atoms with van der Waals surface area (Å²) in [7, 11) is 0. The molecule has 6 nitrogen and oxygen atoms in total. The van der Waals surface area contributed by atoms with Crippen LogP contribution in [0.15, 0.2) is 11.0 Å². The second-order valence-electron chi connectivity index (χ2n) is 1.93. The highest BCUT2D eigenvalue weighted by Crippen LogP contribution is 1.89. The summed E-state index contributed by atoms with van der Waals surface area (Å²) in [5.41, 5.74) is 2.68. The predicted octanol–water partition coefficient (Wildman–Crippen LogP) is -1.28. The van der Waals surface area contributed by atoms with Crippen molar-refractivity contribution in [2.75, 3.05) is 0 Å². The van der Waals surface area contributed by atoms with E-state index in [1.807, 2.05) is 0 Å². The molecule has 64 valence electrons. The second-order valence-corrected chi connectivity index (χ2v) is 1.93. The molecule has 1 heterocycles. The molecule has 0 atom stereocenters. The molecule has 0 aromatic carbocycles. The summed E-state index contributed by atoms with van der Waals surface area (Å²) >= 11 is 0. The summed E-state index contributed by atoms with van der Waals surface area (Å²) in [5.74, 6) is -2.35. The van der Waals surface area contributed by atoms with E-state index in [0.717, 1.165) is 0 Å². The highest BCUT2D eigenvalue weighted by atomic mass is 19.1. The van der Waals surface area contributed by atoms with Gasteiger partial charge in [-0.15, -0.1) is 4.73 Å². The van der Waals surface area contributed by atoms with Crippen molar-refractivity contribution < 1.29 is 14.4 Å². The molecule has 0 aliphatic carbocycles. The predicted molar refractivity (Wildman–Crippen MR) is 34.2 cm³/mol. The summed E-state index contributed by atoms with van der Waals surface area (Å²) in [6, 6.07) is 0. The van der Waals surface area contributed by atoms with Gasteiger partial charge in [-0.3, -0.25) is 9.59 Å². The van der Waals surface area contributed by atoms with Gasteiger partial charge < -0.3 is 10.9 Å². The molecule has 1 aromatic rings. The molecular formula is C5H4FN3O3. The molecule has 1 aromatic heterocycles. The number of carbonyl (C=O) groups is 1. The third-order valence-corrected chi connectivity index (χ3v) is 1.09. The lowest BCUT2D eigenvalue weighted by atomic mass is 10.4. The lowest BCUT2D eigenvalue weighted by Crippen LogP contribution is -2.30. The van der Waals surface area contributed by atoms with Crippen LogP contribution in [-0.2, 0) is 0 Å². The van der Waals surface area contributed by atoms with Gasteiger partial charge in [-0.1, -0.05) is 0 Å². The molecule has 1 rings (SSSR count). The first-order valence-electron chi connectivity index (χ1n) is 2.80. The monoisotopic (exact) mass is 173 g/mol. The Labute approximate surface area is 65.0 Å². The van der Waals surface area contributed by atoms with Gasteiger partial charge in [0.05, 0.1) is 0 Å². The number of hydrogen-bond acceptors (Lipinski definition) is 4. The van der Waals surface area contributed by atoms with E-state index in [1.54, 1.807) is 0 Å². The van der Waals surface area contributed by atoms with Crippen LogP contribution in [0.25, 0.3) is 0 Å². The molecule has 0 saturated heterocycles. The van der Waals surface area contributed by atoms with E-state index in [4.69, 9.17) is 5.21 Å². The zero-order valence-corrected chi connectivity index (χ0v) is 5.69. The maximum Gasteiger partial charge on any atom is 0.314 e. The Balaban J connectivity index is 3.49. The number of carbonyl (C=O) groups excluding carboxylic acids is 1. The summed E-state index contributed by atoms with van der Waals surface area (Å²) in [5, 5.41) is 8.65. The van der Waals surface area contributed by atoms with Gasteiger partial charge in [0, 0.05) is 0 Å². The SMILES string of the molecule is NC(=O)c1nc(F)cn(O)c1=O. The fourth-order valence-electron chi connectivity index (χ4n) is 0.612. The van der Waals surface area contributed by atoms with Crippen molar-refractivity contribution in [2.24, 2.45) is 5.73 Å². The Bertz CT molecular complexity index is 386. The van der Waals surface area contributed by atoms with Crippen LogP contribution < -0.4 is 11.3 Å². The van der Waals surface area contributed by atoms with Crippen molar-refractivity contribution in [2.45, 2.75) is 0 Å². The van der Waals surface area contributed by atoms with Gasteiger partial charge in [0.15, 0.2) is 5.69 Å². The Morgan fingerprint density at radius 2 is 2.33 bits per heavy atom. The molecule has 0 fully saturated rings. The Morgan fingerprint density at radius 3 is 2.83 bits per heavy atom. The highest BCUT2D eigenvalue weighted by molar-refractivity contribution is 5.90. The van der Waals surface area contributed by atoms with Crippen molar-refractivity contribution in [3.8, 4) is 0 Å². The van der Waals surface area contributed by atoms with Crippen molar-refractivity contribution in [1.82, 2.24) is 9.71 Å². The number of amides is 1. The number of halogens is 1. The number of aromatic nitrogens is 2. The van der Waals surface area contributed by atoms with Crippen LogP contribution in [0.5, 0.6) is 0 Å². The van der Waals surface area contributed by atoms with Gasteiger partial charge in [-0.05, 0) is 0 Å². The number of rotatable bonds is 1. The van der Waals surface area contributed by atoms with Crippen LogP contribution >= 0.6 is 0 Å². The Morgan fingerprint density at radius 1 is 1.75 bits per heavy atom. The maximum atomic E-state index is 12.3. The number of nitrogens with two attached hydrogens (primary N) is 1. The third kappa shape index (κ3) is 1.24. The molecule has 0 spiro atoms. The zero-order valence-electron chi connectivity index (χ0n) is 5.69.